The van der Waals surface area contributed by atoms with Crippen molar-refractivity contribution in [2.75, 3.05) is 39.3 Å². The third kappa shape index (κ3) is 53.6. The largest absolute Gasteiger partial charge is 0.355 e. The highest BCUT2D eigenvalue weighted by molar-refractivity contribution is 5.76. The summed E-state index contributed by atoms with van der Waals surface area (Å²) in [5, 5.41) is 9.36. The molecule has 0 saturated heterocycles. The van der Waals surface area contributed by atoms with Crippen LogP contribution >= 0.6 is 0 Å². The van der Waals surface area contributed by atoms with Crippen LogP contribution in [0.2, 0.25) is 0 Å². The molecule has 0 aliphatic carbocycles. The molecule has 0 radical (unpaired) electrons. The van der Waals surface area contributed by atoms with Gasteiger partial charge in [-0.2, -0.15) is 0 Å². The number of nitrogens with one attached hydrogen (secondary N) is 3. The number of unbranched alkanes of at least 4 members (excludes halogenated alkanes) is 24. The van der Waals surface area contributed by atoms with Gasteiger partial charge in [0.15, 0.2) is 0 Å². The summed E-state index contributed by atoms with van der Waals surface area (Å²) in [6.45, 7) is 10.5. The lowest BCUT2D eigenvalue weighted by atomic mass is 10.1. The summed E-state index contributed by atoms with van der Waals surface area (Å²) in [6, 6.07) is 0. The zero-order chi connectivity index (χ0) is 48.6. The molecule has 0 fully saturated rings. The fraction of sp³-hybridized carbons (Fsp3) is 0.750. The number of allylic oxidation sites excluding steroid dienone is 12. The van der Waals surface area contributed by atoms with Gasteiger partial charge in [-0.25, -0.2) is 0 Å². The predicted molar refractivity (Wildman–Crippen MR) is 294 cm³/mol. The first-order valence-electron chi connectivity index (χ1n) is 28.5. The number of hydrogen-bond donors (Lipinski definition) is 3. The van der Waals surface area contributed by atoms with Crippen LogP contribution in [-0.4, -0.2) is 61.9 Å². The topological polar surface area (TPSA) is 90.5 Å². The molecule has 7 nitrogen and oxygen atoms in total. The zero-order valence-corrected chi connectivity index (χ0v) is 44.3. The number of rotatable bonds is 51. The second kappa shape index (κ2) is 55.4. The van der Waals surface area contributed by atoms with Crippen molar-refractivity contribution in [1.82, 2.24) is 20.9 Å². The summed E-state index contributed by atoms with van der Waals surface area (Å²) in [6.07, 6.45) is 68.1. The normalized spacial score (nSPS) is 12.2. The maximum atomic E-state index is 12.7. The number of amides is 3. The van der Waals surface area contributed by atoms with E-state index in [1.807, 2.05) is 0 Å². The Kier molecular flexibility index (Phi) is 52.8. The van der Waals surface area contributed by atoms with Gasteiger partial charge in [-0.15, -0.1) is 0 Å². The molecule has 0 spiro atoms. The number of nitrogens with zero attached hydrogens (tertiary/aromatic N) is 1. The van der Waals surface area contributed by atoms with E-state index in [9.17, 15) is 14.4 Å². The Morgan fingerprint density at radius 2 is 0.522 bits per heavy atom. The van der Waals surface area contributed by atoms with Crippen LogP contribution in [-0.2, 0) is 14.4 Å². The predicted octanol–water partition coefficient (Wildman–Crippen LogP) is 16.1. The van der Waals surface area contributed by atoms with Gasteiger partial charge in [-0.1, -0.05) is 190 Å². The van der Waals surface area contributed by atoms with E-state index in [0.717, 1.165) is 77.0 Å². The second-order valence-electron chi connectivity index (χ2n) is 18.8. The quantitative estimate of drug-likeness (QED) is 0.0419. The molecule has 0 aromatic heterocycles. The van der Waals surface area contributed by atoms with Gasteiger partial charge in [0, 0.05) is 58.5 Å². The molecule has 7 heteroatoms. The van der Waals surface area contributed by atoms with Crippen molar-refractivity contribution >= 4 is 17.7 Å². The van der Waals surface area contributed by atoms with E-state index >= 15 is 0 Å². The van der Waals surface area contributed by atoms with Crippen molar-refractivity contribution in [2.24, 2.45) is 0 Å². The van der Waals surface area contributed by atoms with Crippen molar-refractivity contribution in [1.29, 1.82) is 0 Å². The average Bonchev–Trinajstić information content (AvgIpc) is 3.32. The first kappa shape index (κ1) is 63.8. The van der Waals surface area contributed by atoms with Crippen molar-refractivity contribution in [3.8, 4) is 0 Å². The molecule has 0 rings (SSSR count). The Morgan fingerprint density at radius 1 is 0.299 bits per heavy atom. The molecule has 0 aromatic rings. The van der Waals surface area contributed by atoms with Crippen LogP contribution in [0.1, 0.15) is 252 Å². The van der Waals surface area contributed by atoms with Gasteiger partial charge in [0.1, 0.15) is 0 Å². The highest BCUT2D eigenvalue weighted by Crippen LogP contribution is 2.11. The van der Waals surface area contributed by atoms with Gasteiger partial charge in [-0.3, -0.25) is 19.3 Å². The third-order valence-corrected chi connectivity index (χ3v) is 12.3. The summed E-state index contributed by atoms with van der Waals surface area (Å²) in [5.74, 6) is 0.339. The van der Waals surface area contributed by atoms with Crippen LogP contribution in [0.25, 0.3) is 0 Å². The molecule has 67 heavy (non-hydrogen) atoms. The highest BCUT2D eigenvalue weighted by Gasteiger charge is 2.10. The molecule has 386 valence electrons. The van der Waals surface area contributed by atoms with E-state index in [4.69, 9.17) is 0 Å². The molecule has 3 N–H and O–H groups in total. The number of carbonyl (C=O) groups excluding carboxylic acids is 3. The SMILES string of the molecule is CCCCC/C=C\C/C=C\CCCCCCCC(=O)NCCN(CCNC(=O)CCCCCCC/C=C\C/C=C\CCCCC)CCNC(=O)CCCCCCC/C=C\C/C=C\CCCCC. The molecule has 0 aliphatic rings. The molecular weight excluding hydrogens is 825 g/mol. The lowest BCUT2D eigenvalue weighted by Gasteiger charge is -2.23. The molecule has 0 heterocycles. The van der Waals surface area contributed by atoms with E-state index < -0.39 is 0 Å². The average molecular weight is 934 g/mol. The van der Waals surface area contributed by atoms with Crippen LogP contribution in [0.15, 0.2) is 72.9 Å². The van der Waals surface area contributed by atoms with E-state index in [2.05, 4.69) is 115 Å². The Bertz CT molecular complexity index is 1120. The smallest absolute Gasteiger partial charge is 0.220 e. The van der Waals surface area contributed by atoms with Crippen molar-refractivity contribution < 1.29 is 14.4 Å². The summed E-state index contributed by atoms with van der Waals surface area (Å²) in [5.41, 5.74) is 0. The Morgan fingerprint density at radius 3 is 0.776 bits per heavy atom. The minimum atomic E-state index is 0.113. The minimum absolute atomic E-state index is 0.113. The third-order valence-electron chi connectivity index (χ3n) is 12.3. The van der Waals surface area contributed by atoms with Crippen LogP contribution in [0, 0.1) is 0 Å². The van der Waals surface area contributed by atoms with Gasteiger partial charge in [-0.05, 0) is 116 Å². The van der Waals surface area contributed by atoms with Gasteiger partial charge < -0.3 is 16.0 Å². The summed E-state index contributed by atoms with van der Waals surface area (Å²) >= 11 is 0. The Hall–Kier alpha value is -3.19. The van der Waals surface area contributed by atoms with Crippen LogP contribution in [0.3, 0.4) is 0 Å². The van der Waals surface area contributed by atoms with E-state index in [1.165, 1.54) is 135 Å². The maximum absolute atomic E-state index is 12.7. The lowest BCUT2D eigenvalue weighted by molar-refractivity contribution is -0.121. The Balaban J connectivity index is 4.41. The fourth-order valence-electron chi connectivity index (χ4n) is 7.95. The van der Waals surface area contributed by atoms with Gasteiger partial charge >= 0.3 is 0 Å². The maximum Gasteiger partial charge on any atom is 0.220 e. The van der Waals surface area contributed by atoms with Crippen LogP contribution in [0.4, 0.5) is 0 Å². The van der Waals surface area contributed by atoms with Crippen LogP contribution in [0.5, 0.6) is 0 Å². The Labute approximate surface area is 415 Å². The molecule has 3 amide bonds. The molecule has 0 aromatic carbocycles. The van der Waals surface area contributed by atoms with Gasteiger partial charge in [0.2, 0.25) is 17.7 Å². The first-order chi connectivity index (χ1) is 33.0. The van der Waals surface area contributed by atoms with Crippen molar-refractivity contribution in [2.45, 2.75) is 252 Å². The van der Waals surface area contributed by atoms with Crippen molar-refractivity contribution in [3.05, 3.63) is 72.9 Å². The van der Waals surface area contributed by atoms with Crippen molar-refractivity contribution in [3.63, 3.8) is 0 Å². The standard InChI is InChI=1S/C60H108N4O3/c1-4-7-10-13-16-19-22-25-28-31-34-37-40-43-46-49-58(65)61-52-55-64(56-53-62-59(66)50-47-44-41-38-35-32-29-26-23-20-17-14-11-8-5-2)57-54-63-60(67)51-48-45-42-39-36-33-30-27-24-21-18-15-12-9-6-3/h16-21,25-30H,4-15,22-24,31-57H2,1-3H3,(H,61,65)(H,62,66)(H,63,67)/b19-16-,20-17-,21-18-,28-25-,29-26-,30-27-. The van der Waals surface area contributed by atoms with Crippen LogP contribution < -0.4 is 16.0 Å². The molecule has 0 aliphatic heterocycles. The van der Waals surface area contributed by atoms with Gasteiger partial charge in [0.05, 0.1) is 0 Å². The summed E-state index contributed by atoms with van der Waals surface area (Å²) in [7, 11) is 0. The molecule has 0 saturated carbocycles. The summed E-state index contributed by atoms with van der Waals surface area (Å²) < 4.78 is 0. The molecule has 0 unspecified atom stereocenters. The number of hydrogen-bond acceptors (Lipinski definition) is 4. The van der Waals surface area contributed by atoms with Gasteiger partial charge in [0.25, 0.3) is 0 Å². The second-order valence-corrected chi connectivity index (χ2v) is 18.8. The molecule has 0 atom stereocenters. The molecular formula is C60H108N4O3. The number of carbonyl (C=O) groups is 3. The lowest BCUT2D eigenvalue weighted by Crippen LogP contribution is -2.43. The highest BCUT2D eigenvalue weighted by atomic mass is 16.2. The monoisotopic (exact) mass is 933 g/mol. The minimum Gasteiger partial charge on any atom is -0.355 e. The molecule has 0 bridgehead atoms. The van der Waals surface area contributed by atoms with E-state index in [1.54, 1.807) is 0 Å². The van der Waals surface area contributed by atoms with E-state index in [0.29, 0.717) is 58.5 Å². The first-order valence-corrected chi connectivity index (χ1v) is 28.5. The fourth-order valence-corrected chi connectivity index (χ4v) is 7.95. The zero-order valence-electron chi connectivity index (χ0n) is 44.3. The summed E-state index contributed by atoms with van der Waals surface area (Å²) in [4.78, 5) is 40.2. The van der Waals surface area contributed by atoms with E-state index in [-0.39, 0.29) is 17.7 Å².